The number of hydrogen-bond donors (Lipinski definition) is 0. The van der Waals surface area contributed by atoms with Gasteiger partial charge in [-0.2, -0.15) is 0 Å². The molecule has 0 aliphatic heterocycles. The second-order valence-electron chi connectivity index (χ2n) is 8.70. The van der Waals surface area contributed by atoms with E-state index in [4.69, 9.17) is 14.1 Å². The van der Waals surface area contributed by atoms with Gasteiger partial charge in [0, 0.05) is 0 Å². The first-order valence-corrected chi connectivity index (χ1v) is 17.0. The van der Waals surface area contributed by atoms with Gasteiger partial charge in [-0.1, -0.05) is 0 Å². The Morgan fingerprint density at radius 2 is 1.61 bits per heavy atom. The van der Waals surface area contributed by atoms with Crippen molar-refractivity contribution in [2.75, 3.05) is 0 Å². The molecule has 0 amide bonds. The van der Waals surface area contributed by atoms with E-state index in [-0.39, 0.29) is 0 Å². The molecule has 1 heterocycles. The SMILES string of the molecule is [2H]C([2H])([2H])c1ccc(-c2nc(C)nc3c2ccc2cc(C)[c]([Ge]([CH3])([CH3])[CH3])c(C)c23)cc1. The van der Waals surface area contributed by atoms with Crippen LogP contribution in [0.4, 0.5) is 0 Å². The van der Waals surface area contributed by atoms with Crippen LogP contribution in [-0.4, -0.2) is 23.2 Å². The summed E-state index contributed by atoms with van der Waals surface area (Å²) in [7, 11) is 0. The van der Waals surface area contributed by atoms with Crippen LogP contribution < -0.4 is 4.40 Å². The van der Waals surface area contributed by atoms with Gasteiger partial charge in [-0.15, -0.1) is 0 Å². The Labute approximate surface area is 174 Å². The van der Waals surface area contributed by atoms with Crippen molar-refractivity contribution < 1.29 is 4.11 Å². The second kappa shape index (κ2) is 6.70. The molecule has 4 aromatic rings. The molecule has 0 spiro atoms. The van der Waals surface area contributed by atoms with Crippen molar-refractivity contribution in [2.24, 2.45) is 0 Å². The predicted octanol–water partition coefficient (Wildman–Crippen LogP) is 6.23. The summed E-state index contributed by atoms with van der Waals surface area (Å²) in [6.45, 7) is 4.28. The zero-order valence-corrected chi connectivity index (χ0v) is 19.5. The molecule has 3 aromatic carbocycles. The fourth-order valence-electron chi connectivity index (χ4n) is 4.57. The maximum absolute atomic E-state index is 7.63. The molecule has 0 atom stereocenters. The van der Waals surface area contributed by atoms with Gasteiger partial charge in [0.05, 0.1) is 0 Å². The first-order valence-electron chi connectivity index (χ1n) is 11.2. The van der Waals surface area contributed by atoms with Crippen LogP contribution in [0.25, 0.3) is 32.9 Å². The van der Waals surface area contributed by atoms with Gasteiger partial charge in [-0.05, 0) is 0 Å². The Bertz CT molecular complexity index is 1320. The predicted molar refractivity (Wildman–Crippen MR) is 124 cm³/mol. The van der Waals surface area contributed by atoms with Crippen molar-refractivity contribution in [3.8, 4) is 11.3 Å². The Morgan fingerprint density at radius 3 is 2.25 bits per heavy atom. The van der Waals surface area contributed by atoms with E-state index in [1.165, 1.54) is 21.9 Å². The summed E-state index contributed by atoms with van der Waals surface area (Å²) < 4.78 is 24.4. The summed E-state index contributed by atoms with van der Waals surface area (Å²) in [5.41, 5.74) is 5.79. The Balaban J connectivity index is 2.05. The number of fused-ring (bicyclic) bond motifs is 3. The zero-order chi connectivity index (χ0) is 22.7. The van der Waals surface area contributed by atoms with Gasteiger partial charge >= 0.3 is 175 Å². The van der Waals surface area contributed by atoms with E-state index in [1.54, 1.807) is 16.5 Å². The molecule has 0 bridgehead atoms. The van der Waals surface area contributed by atoms with E-state index >= 15 is 0 Å². The van der Waals surface area contributed by atoms with Gasteiger partial charge in [-0.25, -0.2) is 0 Å². The minimum absolute atomic E-state index is 0.338. The molecule has 28 heavy (non-hydrogen) atoms. The third kappa shape index (κ3) is 3.14. The van der Waals surface area contributed by atoms with Crippen LogP contribution in [0, 0.1) is 27.6 Å². The van der Waals surface area contributed by atoms with Crippen molar-refractivity contribution >= 4 is 39.3 Å². The topological polar surface area (TPSA) is 25.8 Å². The van der Waals surface area contributed by atoms with Crippen LogP contribution in [0.15, 0.2) is 42.5 Å². The van der Waals surface area contributed by atoms with Crippen LogP contribution in [0.3, 0.4) is 0 Å². The summed E-state index contributed by atoms with van der Waals surface area (Å²) in [5.74, 6) is 8.02. The van der Waals surface area contributed by atoms with Crippen molar-refractivity contribution in [1.29, 1.82) is 0 Å². The van der Waals surface area contributed by atoms with Crippen LogP contribution in [0.2, 0.25) is 17.3 Å². The quantitative estimate of drug-likeness (QED) is 0.277. The monoisotopic (exact) mass is 433 g/mol. The number of nitrogens with zero attached hydrogens (tertiary/aromatic N) is 2. The van der Waals surface area contributed by atoms with Crippen molar-refractivity contribution in [2.45, 2.75) is 44.9 Å². The number of rotatable bonds is 2. The molecular formula is C25H28GeN2. The Hall–Kier alpha value is -2.20. The van der Waals surface area contributed by atoms with Crippen LogP contribution in [0.5, 0.6) is 0 Å². The molecule has 0 fully saturated rings. The Morgan fingerprint density at radius 1 is 0.893 bits per heavy atom. The molecule has 142 valence electrons. The molecular weight excluding hydrogens is 401 g/mol. The first kappa shape index (κ1) is 15.7. The van der Waals surface area contributed by atoms with Crippen molar-refractivity contribution in [1.82, 2.24) is 9.97 Å². The van der Waals surface area contributed by atoms with Gasteiger partial charge in [0.25, 0.3) is 0 Å². The van der Waals surface area contributed by atoms with E-state index in [0.29, 0.717) is 11.4 Å². The van der Waals surface area contributed by atoms with E-state index < -0.39 is 20.1 Å². The second-order valence-corrected chi connectivity index (χ2v) is 19.2. The van der Waals surface area contributed by atoms with Crippen molar-refractivity contribution in [3.63, 3.8) is 0 Å². The summed E-state index contributed by atoms with van der Waals surface area (Å²) in [6.07, 6.45) is 0. The van der Waals surface area contributed by atoms with Crippen LogP contribution in [0.1, 0.15) is 26.6 Å². The summed E-state index contributed by atoms with van der Waals surface area (Å²) in [6, 6.07) is 13.6. The summed E-state index contributed by atoms with van der Waals surface area (Å²) >= 11 is -2.09. The average Bonchev–Trinajstić information content (AvgIpc) is 2.65. The van der Waals surface area contributed by atoms with E-state index in [2.05, 4.69) is 49.3 Å². The molecule has 4 rings (SSSR count). The third-order valence-corrected chi connectivity index (χ3v) is 10.2. The molecule has 0 saturated heterocycles. The van der Waals surface area contributed by atoms with Gasteiger partial charge in [0.15, 0.2) is 0 Å². The number of hydrogen-bond acceptors (Lipinski definition) is 2. The molecule has 0 saturated carbocycles. The van der Waals surface area contributed by atoms with Gasteiger partial charge in [0.1, 0.15) is 0 Å². The molecule has 1 aromatic heterocycles. The fraction of sp³-hybridized carbons (Fsp3) is 0.280. The molecule has 0 unspecified atom stereocenters. The van der Waals surface area contributed by atoms with Gasteiger partial charge in [0.2, 0.25) is 0 Å². The van der Waals surface area contributed by atoms with E-state index in [0.717, 1.165) is 22.2 Å². The summed E-state index contributed by atoms with van der Waals surface area (Å²) in [5, 5.41) is 3.42. The standard InChI is InChI=1S/C25H28GeN2/c1-15-8-10-19(11-9-15)24-21-13-12-20-14-16(2)23(26(5,6)7)17(3)22(20)25(21)28-18(4)27-24/h8-14H,1-7H3/i1D3. The maximum atomic E-state index is 7.63. The minimum atomic E-state index is -2.11. The van der Waals surface area contributed by atoms with Crippen molar-refractivity contribution in [3.05, 3.63) is 65.0 Å². The summed E-state index contributed by atoms with van der Waals surface area (Å²) in [4.78, 5) is 9.63. The number of benzene rings is 3. The third-order valence-electron chi connectivity index (χ3n) is 5.44. The van der Waals surface area contributed by atoms with E-state index in [1.807, 2.05) is 19.1 Å². The van der Waals surface area contributed by atoms with E-state index in [9.17, 15) is 0 Å². The zero-order valence-electron chi connectivity index (χ0n) is 20.4. The molecule has 0 N–H and O–H groups in total. The normalized spacial score (nSPS) is 14.1. The first-order chi connectivity index (χ1) is 14.4. The van der Waals surface area contributed by atoms with Gasteiger partial charge in [-0.3, -0.25) is 0 Å². The molecule has 0 radical (unpaired) electrons. The molecule has 2 nitrogen and oxygen atoms in total. The van der Waals surface area contributed by atoms with Crippen LogP contribution in [-0.2, 0) is 0 Å². The van der Waals surface area contributed by atoms with Gasteiger partial charge < -0.3 is 0 Å². The fourth-order valence-corrected chi connectivity index (χ4v) is 9.82. The number of aromatic nitrogens is 2. The average molecular weight is 432 g/mol. The Kier molecular flexibility index (Phi) is 3.75. The van der Waals surface area contributed by atoms with Crippen LogP contribution >= 0.6 is 0 Å². The molecule has 3 heteroatoms. The number of aryl methyl sites for hydroxylation is 4. The molecule has 0 aliphatic rings. The molecule has 0 aliphatic carbocycles.